The van der Waals surface area contributed by atoms with Crippen LogP contribution in [0.2, 0.25) is 0 Å². The predicted octanol–water partition coefficient (Wildman–Crippen LogP) is 3.62. The van der Waals surface area contributed by atoms with Crippen molar-refractivity contribution in [3.05, 3.63) is 59.2 Å². The molecule has 2 aromatic rings. The van der Waals surface area contributed by atoms with Gasteiger partial charge in [-0.3, -0.25) is 9.59 Å². The lowest BCUT2D eigenvalue weighted by Crippen LogP contribution is -2.34. The molecule has 0 unspecified atom stereocenters. The third kappa shape index (κ3) is 5.57. The van der Waals surface area contributed by atoms with Crippen LogP contribution >= 0.6 is 0 Å². The molecule has 6 nitrogen and oxygen atoms in total. The van der Waals surface area contributed by atoms with E-state index in [4.69, 9.17) is 9.47 Å². The first-order chi connectivity index (χ1) is 13.9. The number of anilines is 1. The minimum Gasteiger partial charge on any atom is -0.481 e. The molecule has 2 atom stereocenters. The van der Waals surface area contributed by atoms with Crippen molar-refractivity contribution in [1.29, 1.82) is 0 Å². The maximum Gasteiger partial charge on any atom is 0.265 e. The summed E-state index contributed by atoms with van der Waals surface area (Å²) in [5, 5.41) is 5.71. The lowest BCUT2D eigenvalue weighted by Gasteiger charge is -2.18. The van der Waals surface area contributed by atoms with Crippen LogP contribution in [0, 0.1) is 13.8 Å². The Balaban J connectivity index is 1.63. The van der Waals surface area contributed by atoms with Gasteiger partial charge in [0, 0.05) is 13.2 Å². The van der Waals surface area contributed by atoms with E-state index in [9.17, 15) is 9.59 Å². The molecule has 2 aromatic carbocycles. The normalized spacial score (nSPS) is 16.9. The van der Waals surface area contributed by atoms with Crippen molar-refractivity contribution >= 4 is 17.5 Å². The van der Waals surface area contributed by atoms with Gasteiger partial charge in [-0.2, -0.15) is 0 Å². The van der Waals surface area contributed by atoms with Gasteiger partial charge >= 0.3 is 0 Å². The molecular formula is C23H28N2O4. The second-order valence-electron chi connectivity index (χ2n) is 7.41. The van der Waals surface area contributed by atoms with Gasteiger partial charge in [0.1, 0.15) is 5.75 Å². The first kappa shape index (κ1) is 20.9. The number of hydrogen-bond acceptors (Lipinski definition) is 4. The molecule has 3 rings (SSSR count). The number of benzene rings is 2. The van der Waals surface area contributed by atoms with Gasteiger partial charge in [0.15, 0.2) is 6.10 Å². The van der Waals surface area contributed by atoms with Crippen LogP contribution in [0.1, 0.15) is 41.3 Å². The zero-order valence-electron chi connectivity index (χ0n) is 17.2. The Hall–Kier alpha value is -2.86. The third-order valence-corrected chi connectivity index (χ3v) is 4.96. The van der Waals surface area contributed by atoms with E-state index in [0.29, 0.717) is 23.5 Å². The van der Waals surface area contributed by atoms with Crippen LogP contribution in [0.5, 0.6) is 5.75 Å². The van der Waals surface area contributed by atoms with Crippen LogP contribution < -0.4 is 15.4 Å². The van der Waals surface area contributed by atoms with Gasteiger partial charge in [0.05, 0.1) is 17.4 Å². The van der Waals surface area contributed by atoms with E-state index in [1.807, 2.05) is 32.0 Å². The monoisotopic (exact) mass is 396 g/mol. The molecule has 1 heterocycles. The van der Waals surface area contributed by atoms with Crippen LogP contribution in [-0.2, 0) is 9.53 Å². The molecule has 1 saturated heterocycles. The van der Waals surface area contributed by atoms with Gasteiger partial charge in [0.2, 0.25) is 0 Å². The van der Waals surface area contributed by atoms with Crippen LogP contribution in [0.25, 0.3) is 0 Å². The van der Waals surface area contributed by atoms with Crippen molar-refractivity contribution in [2.45, 2.75) is 45.8 Å². The number of aryl methyl sites for hydroxylation is 2. The molecular weight excluding hydrogens is 368 g/mol. The van der Waals surface area contributed by atoms with Crippen molar-refractivity contribution < 1.29 is 19.1 Å². The molecule has 0 bridgehead atoms. The van der Waals surface area contributed by atoms with Gasteiger partial charge in [0.25, 0.3) is 11.8 Å². The largest absolute Gasteiger partial charge is 0.481 e. The molecule has 1 fully saturated rings. The summed E-state index contributed by atoms with van der Waals surface area (Å²) < 4.78 is 11.4. The molecule has 0 aliphatic carbocycles. The lowest BCUT2D eigenvalue weighted by molar-refractivity contribution is -0.122. The maximum atomic E-state index is 12.7. The highest BCUT2D eigenvalue weighted by Gasteiger charge is 2.21. The van der Waals surface area contributed by atoms with Gasteiger partial charge in [-0.15, -0.1) is 0 Å². The summed E-state index contributed by atoms with van der Waals surface area (Å²) in [5.74, 6) is 0.125. The first-order valence-corrected chi connectivity index (χ1v) is 9.97. The molecule has 0 saturated carbocycles. The van der Waals surface area contributed by atoms with E-state index in [1.165, 1.54) is 0 Å². The van der Waals surface area contributed by atoms with Crippen molar-refractivity contribution in [1.82, 2.24) is 5.32 Å². The fraction of sp³-hybridized carbons (Fsp3) is 0.391. The van der Waals surface area contributed by atoms with Gasteiger partial charge in [-0.05, 0) is 62.9 Å². The number of ether oxygens (including phenoxy) is 2. The Morgan fingerprint density at radius 3 is 2.76 bits per heavy atom. The molecule has 0 spiro atoms. The quantitative estimate of drug-likeness (QED) is 0.749. The third-order valence-electron chi connectivity index (χ3n) is 4.96. The number of amides is 2. The SMILES string of the molecule is Cc1ccc(C)c(O[C@H](C)C(=O)Nc2ccccc2C(=O)NC[C@H]2CCCO2)c1. The molecule has 0 radical (unpaired) electrons. The minimum absolute atomic E-state index is 0.0618. The molecule has 1 aliphatic heterocycles. The molecule has 1 aliphatic rings. The second-order valence-corrected chi connectivity index (χ2v) is 7.41. The van der Waals surface area contributed by atoms with E-state index in [1.54, 1.807) is 31.2 Å². The summed E-state index contributed by atoms with van der Waals surface area (Å²) in [6.45, 7) is 6.81. The zero-order valence-corrected chi connectivity index (χ0v) is 17.2. The number of nitrogens with one attached hydrogen (secondary N) is 2. The summed E-state index contributed by atoms with van der Waals surface area (Å²) >= 11 is 0. The standard InChI is InChI=1S/C23H28N2O4/c1-15-10-11-16(2)21(13-15)29-17(3)22(26)25-20-9-5-4-8-19(20)23(27)24-14-18-7-6-12-28-18/h4-5,8-11,13,17-18H,6-7,12,14H2,1-3H3,(H,24,27)(H,25,26)/t17-,18-/m1/s1. The maximum absolute atomic E-state index is 12.7. The van der Waals surface area contributed by atoms with Crippen molar-refractivity contribution in [2.24, 2.45) is 0 Å². The number of carbonyl (C=O) groups excluding carboxylic acids is 2. The molecule has 6 heteroatoms. The minimum atomic E-state index is -0.710. The average molecular weight is 396 g/mol. The van der Waals surface area contributed by atoms with E-state index in [2.05, 4.69) is 10.6 Å². The molecule has 2 N–H and O–H groups in total. The van der Waals surface area contributed by atoms with Crippen molar-refractivity contribution in [2.75, 3.05) is 18.5 Å². The summed E-state index contributed by atoms with van der Waals surface area (Å²) in [6, 6.07) is 12.8. The number of hydrogen-bond donors (Lipinski definition) is 2. The zero-order chi connectivity index (χ0) is 20.8. The second kappa shape index (κ2) is 9.56. The average Bonchev–Trinajstić information content (AvgIpc) is 3.23. The predicted molar refractivity (Wildman–Crippen MR) is 112 cm³/mol. The summed E-state index contributed by atoms with van der Waals surface area (Å²) in [5.41, 5.74) is 2.90. The van der Waals surface area contributed by atoms with Gasteiger partial charge in [-0.1, -0.05) is 24.3 Å². The number of para-hydroxylation sites is 1. The van der Waals surface area contributed by atoms with Gasteiger partial charge < -0.3 is 20.1 Å². The smallest absolute Gasteiger partial charge is 0.265 e. The van der Waals surface area contributed by atoms with Crippen LogP contribution in [0.15, 0.2) is 42.5 Å². The molecule has 0 aromatic heterocycles. The van der Waals surface area contributed by atoms with E-state index < -0.39 is 6.10 Å². The van der Waals surface area contributed by atoms with E-state index >= 15 is 0 Å². The fourth-order valence-electron chi connectivity index (χ4n) is 3.21. The topological polar surface area (TPSA) is 76.7 Å². The van der Waals surface area contributed by atoms with Crippen LogP contribution in [-0.4, -0.2) is 37.2 Å². The Bertz CT molecular complexity index is 875. The Morgan fingerprint density at radius 2 is 2.00 bits per heavy atom. The van der Waals surface area contributed by atoms with Gasteiger partial charge in [-0.25, -0.2) is 0 Å². The van der Waals surface area contributed by atoms with E-state index in [-0.39, 0.29) is 17.9 Å². The highest BCUT2D eigenvalue weighted by atomic mass is 16.5. The highest BCUT2D eigenvalue weighted by molar-refractivity contribution is 6.04. The Morgan fingerprint density at radius 1 is 1.21 bits per heavy atom. The summed E-state index contributed by atoms with van der Waals surface area (Å²) in [4.78, 5) is 25.3. The van der Waals surface area contributed by atoms with Crippen LogP contribution in [0.4, 0.5) is 5.69 Å². The Labute approximate surface area is 171 Å². The first-order valence-electron chi connectivity index (χ1n) is 9.97. The highest BCUT2D eigenvalue weighted by Crippen LogP contribution is 2.22. The fourth-order valence-corrected chi connectivity index (χ4v) is 3.21. The summed E-state index contributed by atoms with van der Waals surface area (Å²) in [7, 11) is 0. The summed E-state index contributed by atoms with van der Waals surface area (Å²) in [6.07, 6.45) is 1.32. The Kier molecular flexibility index (Phi) is 6.88. The van der Waals surface area contributed by atoms with Crippen molar-refractivity contribution in [3.63, 3.8) is 0 Å². The molecule has 154 valence electrons. The van der Waals surface area contributed by atoms with Crippen molar-refractivity contribution in [3.8, 4) is 5.75 Å². The van der Waals surface area contributed by atoms with E-state index in [0.717, 1.165) is 30.6 Å². The number of rotatable bonds is 7. The lowest BCUT2D eigenvalue weighted by atomic mass is 10.1. The number of carbonyl (C=O) groups is 2. The van der Waals surface area contributed by atoms with Crippen LogP contribution in [0.3, 0.4) is 0 Å². The molecule has 29 heavy (non-hydrogen) atoms. The molecule has 2 amide bonds.